The molecule has 0 aliphatic rings. The number of anilines is 1. The zero-order chi connectivity index (χ0) is 22.1. The molecule has 0 radical (unpaired) electrons. The molecule has 1 heterocycles. The molecule has 0 aliphatic heterocycles. The van der Waals surface area contributed by atoms with Crippen molar-refractivity contribution in [3.8, 4) is 5.75 Å². The second-order valence-electron chi connectivity index (χ2n) is 6.78. The quantitative estimate of drug-likeness (QED) is 0.499. The van der Waals surface area contributed by atoms with Gasteiger partial charge in [-0.05, 0) is 49.2 Å². The number of hydrogen-bond donors (Lipinski definition) is 2. The maximum absolute atomic E-state index is 12.2. The first-order chi connectivity index (χ1) is 15.0. The van der Waals surface area contributed by atoms with Crippen LogP contribution in [0.5, 0.6) is 5.75 Å². The van der Waals surface area contributed by atoms with Gasteiger partial charge in [0.15, 0.2) is 5.82 Å². The molecule has 2 N–H and O–H groups in total. The SMILES string of the molecule is COc1ccccc1CCNC(=O)CSc1ccc(NC(=O)c2ccc(C)cc2)nn1. The van der Waals surface area contributed by atoms with Crippen LogP contribution in [0, 0.1) is 6.92 Å². The van der Waals surface area contributed by atoms with Gasteiger partial charge in [0.25, 0.3) is 5.91 Å². The first-order valence-corrected chi connectivity index (χ1v) is 10.8. The summed E-state index contributed by atoms with van der Waals surface area (Å²) in [5.74, 6) is 1.07. The minimum atomic E-state index is -0.246. The minimum Gasteiger partial charge on any atom is -0.496 e. The molecule has 0 fully saturated rings. The lowest BCUT2D eigenvalue weighted by molar-refractivity contribution is -0.118. The topological polar surface area (TPSA) is 93.2 Å². The second-order valence-corrected chi connectivity index (χ2v) is 7.77. The number of rotatable bonds is 9. The number of aryl methyl sites for hydroxylation is 1. The van der Waals surface area contributed by atoms with Gasteiger partial charge in [0.1, 0.15) is 10.8 Å². The molecule has 0 spiro atoms. The summed E-state index contributed by atoms with van der Waals surface area (Å²) in [6.07, 6.45) is 0.690. The predicted octanol–water partition coefficient (Wildman–Crippen LogP) is 3.50. The van der Waals surface area contributed by atoms with E-state index in [9.17, 15) is 9.59 Å². The summed E-state index contributed by atoms with van der Waals surface area (Å²) in [7, 11) is 1.63. The fourth-order valence-corrected chi connectivity index (χ4v) is 3.44. The van der Waals surface area contributed by atoms with Crippen molar-refractivity contribution >= 4 is 29.4 Å². The number of aromatic nitrogens is 2. The van der Waals surface area contributed by atoms with E-state index in [0.717, 1.165) is 16.9 Å². The summed E-state index contributed by atoms with van der Waals surface area (Å²) in [6.45, 7) is 2.49. The number of carbonyl (C=O) groups excluding carboxylic acids is 2. The zero-order valence-electron chi connectivity index (χ0n) is 17.4. The third kappa shape index (κ3) is 6.82. The highest BCUT2D eigenvalue weighted by Crippen LogP contribution is 2.18. The molecule has 8 heteroatoms. The monoisotopic (exact) mass is 436 g/mol. The highest BCUT2D eigenvalue weighted by molar-refractivity contribution is 7.99. The number of methoxy groups -OCH3 is 1. The summed E-state index contributed by atoms with van der Waals surface area (Å²) in [4.78, 5) is 24.3. The normalized spacial score (nSPS) is 10.4. The Balaban J connectivity index is 1.41. The van der Waals surface area contributed by atoms with Crippen molar-refractivity contribution in [1.82, 2.24) is 15.5 Å². The van der Waals surface area contributed by atoms with Gasteiger partial charge in [0.2, 0.25) is 5.91 Å². The average molecular weight is 437 g/mol. The Hall–Kier alpha value is -3.39. The molecule has 0 atom stereocenters. The number of hydrogen-bond acceptors (Lipinski definition) is 6. The number of thioether (sulfide) groups is 1. The van der Waals surface area contributed by atoms with Crippen LogP contribution in [-0.4, -0.2) is 41.4 Å². The van der Waals surface area contributed by atoms with Crippen molar-refractivity contribution in [2.24, 2.45) is 0 Å². The lowest BCUT2D eigenvalue weighted by atomic mass is 10.1. The molecule has 1 aromatic heterocycles. The first kappa shape index (κ1) is 22.3. The summed E-state index contributed by atoms with van der Waals surface area (Å²) in [5.41, 5.74) is 2.68. The Morgan fingerprint density at radius 3 is 2.48 bits per heavy atom. The molecule has 0 saturated carbocycles. The molecule has 3 aromatic rings. The van der Waals surface area contributed by atoms with Gasteiger partial charge < -0.3 is 15.4 Å². The zero-order valence-corrected chi connectivity index (χ0v) is 18.2. The fraction of sp³-hybridized carbons (Fsp3) is 0.217. The molecule has 160 valence electrons. The van der Waals surface area contributed by atoms with Crippen LogP contribution >= 0.6 is 11.8 Å². The van der Waals surface area contributed by atoms with Gasteiger partial charge in [0, 0.05) is 12.1 Å². The summed E-state index contributed by atoms with van der Waals surface area (Å²) < 4.78 is 5.31. The van der Waals surface area contributed by atoms with E-state index >= 15 is 0 Å². The molecule has 2 aromatic carbocycles. The van der Waals surface area contributed by atoms with Crippen LogP contribution in [0.2, 0.25) is 0 Å². The third-order valence-electron chi connectivity index (χ3n) is 4.46. The van der Waals surface area contributed by atoms with E-state index in [2.05, 4.69) is 20.8 Å². The Bertz CT molecular complexity index is 1020. The summed E-state index contributed by atoms with van der Waals surface area (Å²) in [5, 5.41) is 14.3. The van der Waals surface area contributed by atoms with Gasteiger partial charge >= 0.3 is 0 Å². The molecule has 31 heavy (non-hydrogen) atoms. The lowest BCUT2D eigenvalue weighted by Gasteiger charge is -2.09. The molecule has 0 saturated heterocycles. The van der Waals surface area contributed by atoms with E-state index < -0.39 is 0 Å². The lowest BCUT2D eigenvalue weighted by Crippen LogP contribution is -2.27. The van der Waals surface area contributed by atoms with E-state index in [-0.39, 0.29) is 17.6 Å². The highest BCUT2D eigenvalue weighted by Gasteiger charge is 2.09. The molecular formula is C23H24N4O3S. The molecule has 0 aliphatic carbocycles. The molecule has 2 amide bonds. The number of ether oxygens (including phenoxy) is 1. The number of carbonyl (C=O) groups is 2. The van der Waals surface area contributed by atoms with Crippen LogP contribution in [-0.2, 0) is 11.2 Å². The van der Waals surface area contributed by atoms with Gasteiger partial charge in [-0.3, -0.25) is 9.59 Å². The first-order valence-electron chi connectivity index (χ1n) is 9.78. The Kier molecular flexibility index (Phi) is 8.00. The van der Waals surface area contributed by atoms with Crippen LogP contribution in [0.1, 0.15) is 21.5 Å². The van der Waals surface area contributed by atoms with E-state index in [1.54, 1.807) is 31.4 Å². The molecule has 7 nitrogen and oxygen atoms in total. The van der Waals surface area contributed by atoms with Crippen LogP contribution in [0.25, 0.3) is 0 Å². The number of amides is 2. The van der Waals surface area contributed by atoms with Crippen molar-refractivity contribution in [2.75, 3.05) is 24.7 Å². The van der Waals surface area contributed by atoms with Gasteiger partial charge in [-0.25, -0.2) is 0 Å². The van der Waals surface area contributed by atoms with Gasteiger partial charge in [-0.2, -0.15) is 0 Å². The van der Waals surface area contributed by atoms with Crippen molar-refractivity contribution in [2.45, 2.75) is 18.4 Å². The van der Waals surface area contributed by atoms with E-state index in [1.165, 1.54) is 11.8 Å². The predicted molar refractivity (Wildman–Crippen MR) is 122 cm³/mol. The maximum Gasteiger partial charge on any atom is 0.256 e. The summed E-state index contributed by atoms with van der Waals surface area (Å²) >= 11 is 1.28. The van der Waals surface area contributed by atoms with Gasteiger partial charge in [-0.1, -0.05) is 47.7 Å². The average Bonchev–Trinajstić information content (AvgIpc) is 2.79. The minimum absolute atomic E-state index is 0.0848. The number of para-hydroxylation sites is 1. The summed E-state index contributed by atoms with van der Waals surface area (Å²) in [6, 6.07) is 18.4. The smallest absolute Gasteiger partial charge is 0.256 e. The Morgan fingerprint density at radius 1 is 1.00 bits per heavy atom. The van der Waals surface area contributed by atoms with Gasteiger partial charge in [0.05, 0.1) is 12.9 Å². The van der Waals surface area contributed by atoms with Crippen molar-refractivity contribution in [3.63, 3.8) is 0 Å². The third-order valence-corrected chi connectivity index (χ3v) is 5.38. The van der Waals surface area contributed by atoms with Crippen LogP contribution in [0.15, 0.2) is 65.7 Å². The van der Waals surface area contributed by atoms with E-state index in [4.69, 9.17) is 4.74 Å². The number of benzene rings is 2. The Labute approximate surface area is 185 Å². The number of nitrogens with zero attached hydrogens (tertiary/aromatic N) is 2. The molecular weight excluding hydrogens is 412 g/mol. The van der Waals surface area contributed by atoms with E-state index in [0.29, 0.717) is 29.4 Å². The van der Waals surface area contributed by atoms with E-state index in [1.807, 2.05) is 43.3 Å². The Morgan fingerprint density at radius 2 is 1.77 bits per heavy atom. The van der Waals surface area contributed by atoms with Crippen LogP contribution in [0.3, 0.4) is 0 Å². The van der Waals surface area contributed by atoms with Crippen molar-refractivity contribution in [3.05, 3.63) is 77.4 Å². The highest BCUT2D eigenvalue weighted by atomic mass is 32.2. The maximum atomic E-state index is 12.2. The van der Waals surface area contributed by atoms with Crippen molar-refractivity contribution < 1.29 is 14.3 Å². The number of nitrogens with one attached hydrogen (secondary N) is 2. The van der Waals surface area contributed by atoms with Gasteiger partial charge in [-0.15, -0.1) is 10.2 Å². The fourth-order valence-electron chi connectivity index (χ4n) is 2.79. The molecule has 3 rings (SSSR count). The van der Waals surface area contributed by atoms with Crippen LogP contribution < -0.4 is 15.4 Å². The van der Waals surface area contributed by atoms with Crippen molar-refractivity contribution in [1.29, 1.82) is 0 Å². The second kappa shape index (κ2) is 11.1. The molecule has 0 bridgehead atoms. The largest absolute Gasteiger partial charge is 0.496 e. The standard InChI is InChI=1S/C23H24N4O3S/c1-16-7-9-18(10-8-16)23(29)25-20-11-12-22(27-26-20)31-15-21(28)24-14-13-17-5-3-4-6-19(17)30-2/h3-12H,13-15H2,1-2H3,(H,24,28)(H,25,26,29). The molecule has 0 unspecified atom stereocenters. The van der Waals surface area contributed by atoms with Crippen LogP contribution in [0.4, 0.5) is 5.82 Å².